The first-order valence-electron chi connectivity index (χ1n) is 8.42. The van der Waals surface area contributed by atoms with Crippen LogP contribution in [0, 0.1) is 5.41 Å². The summed E-state index contributed by atoms with van der Waals surface area (Å²) in [6.45, 7) is 9.77. The van der Waals surface area contributed by atoms with Gasteiger partial charge in [-0.15, -0.1) is 0 Å². The third-order valence-electron chi connectivity index (χ3n) is 3.40. The van der Waals surface area contributed by atoms with Crippen molar-refractivity contribution in [3.63, 3.8) is 0 Å². The van der Waals surface area contributed by atoms with Crippen LogP contribution in [0.15, 0.2) is 24.3 Å². The van der Waals surface area contributed by atoms with Gasteiger partial charge in [-0.3, -0.25) is 4.79 Å². The summed E-state index contributed by atoms with van der Waals surface area (Å²) < 4.78 is 27.6. The van der Waals surface area contributed by atoms with Crippen molar-refractivity contribution < 1.29 is 22.7 Å². The Bertz CT molecular complexity index is 743. The number of benzene rings is 1. The van der Waals surface area contributed by atoms with Crippen LogP contribution in [0.3, 0.4) is 0 Å². The third-order valence-corrected chi connectivity index (χ3v) is 4.26. The fraction of sp³-hybridized carbons (Fsp3) is 0.579. The lowest BCUT2D eigenvalue weighted by Crippen LogP contribution is -2.47. The van der Waals surface area contributed by atoms with E-state index >= 15 is 0 Å². The molecule has 0 heterocycles. The minimum Gasteiger partial charge on any atom is -0.452 e. The molecule has 1 N–H and O–H groups in total. The molecule has 0 bridgehead atoms. The van der Waals surface area contributed by atoms with E-state index in [0.29, 0.717) is 5.56 Å². The smallest absolute Gasteiger partial charge is 0.338 e. The number of nitrogens with one attached hydrogen (secondary N) is 1. The van der Waals surface area contributed by atoms with Gasteiger partial charge in [0.1, 0.15) is 0 Å². The first kappa shape index (κ1) is 22.2. The summed E-state index contributed by atoms with van der Waals surface area (Å²) in [5.41, 5.74) is 0.505. The molecule has 0 spiro atoms. The number of esters is 1. The van der Waals surface area contributed by atoms with Crippen LogP contribution in [0.1, 0.15) is 57.0 Å². The molecular weight excluding hydrogens is 354 g/mol. The Balaban J connectivity index is 2.57. The monoisotopic (exact) mass is 383 g/mol. The van der Waals surface area contributed by atoms with Gasteiger partial charge in [-0.2, -0.15) is 0 Å². The highest BCUT2D eigenvalue weighted by molar-refractivity contribution is 7.89. The van der Waals surface area contributed by atoms with Crippen LogP contribution < -0.4 is 5.32 Å². The van der Waals surface area contributed by atoms with Crippen LogP contribution in [0.2, 0.25) is 0 Å². The molecule has 0 aliphatic rings. The van der Waals surface area contributed by atoms with Crippen molar-refractivity contribution in [2.75, 3.05) is 12.9 Å². The summed E-state index contributed by atoms with van der Waals surface area (Å²) in [5, 5.41) is 2.87. The largest absolute Gasteiger partial charge is 0.452 e. The summed E-state index contributed by atoms with van der Waals surface area (Å²) in [5.74, 6) is -1.07. The summed E-state index contributed by atoms with van der Waals surface area (Å²) in [7, 11) is -3.13. The second-order valence-corrected chi connectivity index (χ2v) is 10.7. The van der Waals surface area contributed by atoms with E-state index in [2.05, 4.69) is 26.1 Å². The van der Waals surface area contributed by atoms with Crippen LogP contribution in [0.5, 0.6) is 0 Å². The fourth-order valence-corrected chi connectivity index (χ4v) is 3.84. The highest BCUT2D eigenvalue weighted by Crippen LogP contribution is 2.26. The Labute approximate surface area is 156 Å². The Kier molecular flexibility index (Phi) is 6.99. The highest BCUT2D eigenvalue weighted by atomic mass is 32.2. The number of hydrogen-bond acceptors (Lipinski definition) is 5. The molecule has 0 aliphatic carbocycles. The van der Waals surface area contributed by atoms with Crippen LogP contribution in [-0.2, 0) is 25.1 Å². The quantitative estimate of drug-likeness (QED) is 0.731. The van der Waals surface area contributed by atoms with Gasteiger partial charge >= 0.3 is 5.97 Å². The van der Waals surface area contributed by atoms with Crippen LogP contribution >= 0.6 is 0 Å². The van der Waals surface area contributed by atoms with Crippen molar-refractivity contribution in [2.45, 2.75) is 52.3 Å². The molecule has 1 amide bonds. The number of carbonyl (C=O) groups is 2. The number of amides is 1. The summed E-state index contributed by atoms with van der Waals surface area (Å²) >= 11 is 0. The maximum Gasteiger partial charge on any atom is 0.338 e. The van der Waals surface area contributed by atoms with Crippen molar-refractivity contribution in [1.82, 2.24) is 5.32 Å². The summed E-state index contributed by atoms with van der Waals surface area (Å²) in [6.07, 6.45) is 1.93. The van der Waals surface area contributed by atoms with E-state index in [4.69, 9.17) is 4.74 Å². The standard InChI is InChI=1S/C19H29NO5S/c1-18(2,3)13-19(4,5)20-16(21)11-25-17(22)15-9-7-14(8-10-15)12-26(6,23)24/h7-10H,11-13H2,1-6H3,(H,20,21). The van der Waals surface area contributed by atoms with E-state index in [1.54, 1.807) is 12.1 Å². The molecule has 1 aromatic rings. The number of carbonyl (C=O) groups excluding carboxylic acids is 2. The van der Waals surface area contributed by atoms with Gasteiger partial charge in [0.2, 0.25) is 0 Å². The normalized spacial score (nSPS) is 12.5. The topological polar surface area (TPSA) is 89.5 Å². The zero-order valence-electron chi connectivity index (χ0n) is 16.4. The van der Waals surface area contributed by atoms with Crippen LogP contribution in [0.4, 0.5) is 0 Å². The molecule has 26 heavy (non-hydrogen) atoms. The van der Waals surface area contributed by atoms with Crippen molar-refractivity contribution in [3.05, 3.63) is 35.4 Å². The average molecular weight is 384 g/mol. The fourth-order valence-electron chi connectivity index (χ4n) is 3.04. The Morgan fingerprint density at radius 2 is 1.58 bits per heavy atom. The van der Waals surface area contributed by atoms with Crippen molar-refractivity contribution in [3.8, 4) is 0 Å². The third kappa shape index (κ3) is 8.99. The van der Waals surface area contributed by atoms with Gasteiger partial charge in [-0.25, -0.2) is 13.2 Å². The molecule has 0 radical (unpaired) electrons. The summed E-state index contributed by atoms with van der Waals surface area (Å²) in [6, 6.07) is 6.10. The zero-order valence-corrected chi connectivity index (χ0v) is 17.2. The van der Waals surface area contributed by atoms with Gasteiger partial charge in [-0.05, 0) is 43.4 Å². The van der Waals surface area contributed by atoms with E-state index in [1.807, 2.05) is 13.8 Å². The van der Waals surface area contributed by atoms with Crippen molar-refractivity contribution >= 4 is 21.7 Å². The first-order chi connectivity index (χ1) is 11.7. The van der Waals surface area contributed by atoms with Gasteiger partial charge in [-0.1, -0.05) is 32.9 Å². The molecule has 0 atom stereocenters. The Hall–Kier alpha value is -1.89. The van der Waals surface area contributed by atoms with E-state index in [-0.39, 0.29) is 29.2 Å². The lowest BCUT2D eigenvalue weighted by Gasteiger charge is -2.33. The number of hydrogen-bond donors (Lipinski definition) is 1. The molecule has 7 heteroatoms. The predicted molar refractivity (Wildman–Crippen MR) is 102 cm³/mol. The second kappa shape index (κ2) is 8.20. The van der Waals surface area contributed by atoms with E-state index in [0.717, 1.165) is 12.7 Å². The van der Waals surface area contributed by atoms with Gasteiger partial charge in [0.05, 0.1) is 11.3 Å². The number of ether oxygens (including phenoxy) is 1. The molecule has 1 rings (SSSR count). The van der Waals surface area contributed by atoms with Gasteiger partial charge in [0.25, 0.3) is 5.91 Å². The maximum atomic E-state index is 12.0. The number of sulfone groups is 1. The van der Waals surface area contributed by atoms with Crippen molar-refractivity contribution in [2.24, 2.45) is 5.41 Å². The number of rotatable bonds is 7. The van der Waals surface area contributed by atoms with E-state index in [9.17, 15) is 18.0 Å². The van der Waals surface area contributed by atoms with Gasteiger partial charge in [0.15, 0.2) is 16.4 Å². The average Bonchev–Trinajstić information content (AvgIpc) is 2.40. The summed E-state index contributed by atoms with van der Waals surface area (Å²) in [4.78, 5) is 24.1. The molecule has 0 saturated heterocycles. The SMILES string of the molecule is CC(C)(C)CC(C)(C)NC(=O)COC(=O)c1ccc(CS(C)(=O)=O)cc1. The Morgan fingerprint density at radius 1 is 1.04 bits per heavy atom. The lowest BCUT2D eigenvalue weighted by molar-refractivity contribution is -0.126. The maximum absolute atomic E-state index is 12.0. The van der Waals surface area contributed by atoms with Crippen molar-refractivity contribution in [1.29, 1.82) is 0 Å². The molecule has 0 aliphatic heterocycles. The zero-order chi connectivity index (χ0) is 20.2. The Morgan fingerprint density at radius 3 is 2.04 bits per heavy atom. The molecule has 6 nitrogen and oxygen atoms in total. The first-order valence-corrected chi connectivity index (χ1v) is 10.5. The second-order valence-electron chi connectivity index (χ2n) is 8.51. The van der Waals surface area contributed by atoms with E-state index < -0.39 is 21.3 Å². The molecule has 0 saturated carbocycles. The van der Waals surface area contributed by atoms with E-state index in [1.165, 1.54) is 12.1 Å². The van der Waals surface area contributed by atoms with Crippen LogP contribution in [0.25, 0.3) is 0 Å². The highest BCUT2D eigenvalue weighted by Gasteiger charge is 2.27. The lowest BCUT2D eigenvalue weighted by atomic mass is 9.82. The minimum atomic E-state index is -3.13. The van der Waals surface area contributed by atoms with Gasteiger partial charge in [0, 0.05) is 11.8 Å². The molecule has 0 unspecified atom stereocenters. The van der Waals surface area contributed by atoms with Gasteiger partial charge < -0.3 is 10.1 Å². The molecular formula is C19H29NO5S. The molecule has 0 fully saturated rings. The molecule has 1 aromatic carbocycles. The minimum absolute atomic E-state index is 0.0567. The predicted octanol–water partition coefficient (Wildman–Crippen LogP) is 2.72. The molecule has 146 valence electrons. The molecule has 0 aromatic heterocycles. The van der Waals surface area contributed by atoms with Crippen LogP contribution in [-0.4, -0.2) is 38.7 Å².